The van der Waals surface area contributed by atoms with Gasteiger partial charge in [-0.2, -0.15) is 0 Å². The van der Waals surface area contributed by atoms with Crippen molar-refractivity contribution in [1.29, 1.82) is 0 Å². The maximum Gasteiger partial charge on any atom is 0.140 e. The quantitative estimate of drug-likeness (QED) is 0.406. The van der Waals surface area contributed by atoms with E-state index in [1.165, 1.54) is 0 Å². The van der Waals surface area contributed by atoms with Crippen molar-refractivity contribution in [3.63, 3.8) is 0 Å². The second-order valence-electron chi connectivity index (χ2n) is 6.97. The molecule has 0 bridgehead atoms. The van der Waals surface area contributed by atoms with Gasteiger partial charge in [0.25, 0.3) is 0 Å². The molecule has 1 N–H and O–H groups in total. The molecule has 3 aromatic carbocycles. The summed E-state index contributed by atoms with van der Waals surface area (Å²) in [7, 11) is 0. The molecule has 0 atom stereocenters. The largest absolute Gasteiger partial charge is 0.506 e. The topological polar surface area (TPSA) is 33.4 Å². The first-order valence-corrected chi connectivity index (χ1v) is 8.01. The number of hydrogen-bond donors (Lipinski definition) is 1. The van der Waals surface area contributed by atoms with Crippen LogP contribution in [0, 0.1) is 0 Å². The van der Waals surface area contributed by atoms with E-state index in [9.17, 15) is 5.11 Å². The number of phenols is 1. The number of phenolic OH excluding ortho intramolecular Hbond substituents is 1. The summed E-state index contributed by atoms with van der Waals surface area (Å²) >= 11 is 6.46. The van der Waals surface area contributed by atoms with Gasteiger partial charge in [-0.3, -0.25) is 0 Å². The summed E-state index contributed by atoms with van der Waals surface area (Å²) in [6, 6.07) is 13.9. The minimum atomic E-state index is -0.163. The van der Waals surface area contributed by atoms with Crippen LogP contribution >= 0.6 is 11.6 Å². The minimum Gasteiger partial charge on any atom is -0.506 e. The van der Waals surface area contributed by atoms with Crippen LogP contribution in [-0.4, -0.2) is 5.11 Å². The molecule has 4 aromatic rings. The summed E-state index contributed by atoms with van der Waals surface area (Å²) < 4.78 is 6.16. The predicted octanol–water partition coefficient (Wildman–Crippen LogP) is 6.40. The summed E-state index contributed by atoms with van der Waals surface area (Å²) in [4.78, 5) is 0. The van der Waals surface area contributed by atoms with E-state index in [1.54, 1.807) is 6.07 Å². The number of furan rings is 1. The number of halogens is 1. The lowest BCUT2D eigenvalue weighted by Crippen LogP contribution is -2.11. The Kier molecular flexibility index (Phi) is 2.91. The summed E-state index contributed by atoms with van der Waals surface area (Å²) in [5.41, 5.74) is 2.34. The molecule has 0 spiro atoms. The molecule has 0 saturated heterocycles. The first-order valence-electron chi connectivity index (χ1n) is 7.64. The van der Waals surface area contributed by atoms with E-state index >= 15 is 0 Å². The summed E-state index contributed by atoms with van der Waals surface area (Å²) in [5.74, 6) is 0.0970. The van der Waals surface area contributed by atoms with Crippen LogP contribution in [0.15, 0.2) is 46.9 Å². The predicted molar refractivity (Wildman–Crippen MR) is 96.6 cm³/mol. The van der Waals surface area contributed by atoms with E-state index in [-0.39, 0.29) is 11.2 Å². The fourth-order valence-corrected chi connectivity index (χ4v) is 3.45. The van der Waals surface area contributed by atoms with E-state index in [0.29, 0.717) is 5.02 Å². The molecule has 0 aliphatic carbocycles. The standard InChI is InChI=1S/C20H17ClO2/c1-20(2,3)13-10-14(22)18(21)17-16-12-7-5-4-6-11(12)8-9-15(16)23-19(13)17/h4-10,22H,1-3H3. The van der Waals surface area contributed by atoms with E-state index in [2.05, 4.69) is 32.9 Å². The Labute approximate surface area is 139 Å². The Bertz CT molecular complexity index is 1070. The lowest BCUT2D eigenvalue weighted by atomic mass is 9.85. The van der Waals surface area contributed by atoms with Crippen LogP contribution in [0.2, 0.25) is 5.02 Å². The van der Waals surface area contributed by atoms with Gasteiger partial charge in [0.2, 0.25) is 0 Å². The molecular formula is C20H17ClO2. The number of fused-ring (bicyclic) bond motifs is 5. The van der Waals surface area contributed by atoms with Crippen LogP contribution < -0.4 is 0 Å². The normalized spacial score (nSPS) is 12.5. The van der Waals surface area contributed by atoms with Gasteiger partial charge in [-0.1, -0.05) is 62.7 Å². The Balaban J connectivity index is 2.32. The molecule has 0 aliphatic heterocycles. The highest BCUT2D eigenvalue weighted by Crippen LogP contribution is 2.45. The van der Waals surface area contributed by atoms with Gasteiger partial charge in [-0.25, -0.2) is 0 Å². The summed E-state index contributed by atoms with van der Waals surface area (Å²) in [5, 5.41) is 14.6. The molecule has 23 heavy (non-hydrogen) atoms. The number of aromatic hydroxyl groups is 1. The summed E-state index contributed by atoms with van der Waals surface area (Å²) in [6.45, 7) is 6.29. The van der Waals surface area contributed by atoms with Gasteiger partial charge in [0, 0.05) is 10.9 Å². The first-order chi connectivity index (χ1) is 10.9. The van der Waals surface area contributed by atoms with Gasteiger partial charge in [-0.05, 0) is 28.3 Å². The molecule has 1 aromatic heterocycles. The maximum absolute atomic E-state index is 10.3. The lowest BCUT2D eigenvalue weighted by Gasteiger charge is -2.20. The van der Waals surface area contributed by atoms with Gasteiger partial charge in [0.05, 0.1) is 10.4 Å². The van der Waals surface area contributed by atoms with Gasteiger partial charge in [-0.15, -0.1) is 0 Å². The van der Waals surface area contributed by atoms with Crippen molar-refractivity contribution in [2.75, 3.05) is 0 Å². The maximum atomic E-state index is 10.3. The van der Waals surface area contributed by atoms with Crippen LogP contribution in [-0.2, 0) is 5.41 Å². The van der Waals surface area contributed by atoms with Gasteiger partial charge >= 0.3 is 0 Å². The second-order valence-corrected chi connectivity index (χ2v) is 7.35. The van der Waals surface area contributed by atoms with Crippen molar-refractivity contribution in [1.82, 2.24) is 0 Å². The molecule has 0 radical (unpaired) electrons. The molecular weight excluding hydrogens is 308 g/mol. The molecule has 3 heteroatoms. The molecule has 0 fully saturated rings. The average Bonchev–Trinajstić information content (AvgIpc) is 2.89. The molecule has 1 heterocycles. The zero-order valence-electron chi connectivity index (χ0n) is 13.3. The van der Waals surface area contributed by atoms with Crippen LogP contribution in [0.3, 0.4) is 0 Å². The van der Waals surface area contributed by atoms with Crippen molar-refractivity contribution in [3.8, 4) is 5.75 Å². The molecule has 116 valence electrons. The fraction of sp³-hybridized carbons (Fsp3) is 0.200. The van der Waals surface area contributed by atoms with E-state index < -0.39 is 0 Å². The average molecular weight is 325 g/mol. The van der Waals surface area contributed by atoms with Gasteiger partial charge < -0.3 is 9.52 Å². The van der Waals surface area contributed by atoms with E-state index in [4.69, 9.17) is 16.0 Å². The Morgan fingerprint density at radius 2 is 1.74 bits per heavy atom. The Morgan fingerprint density at radius 3 is 2.48 bits per heavy atom. The smallest absolute Gasteiger partial charge is 0.140 e. The zero-order valence-corrected chi connectivity index (χ0v) is 14.0. The highest BCUT2D eigenvalue weighted by molar-refractivity contribution is 6.40. The van der Waals surface area contributed by atoms with Crippen molar-refractivity contribution in [3.05, 3.63) is 53.1 Å². The van der Waals surface area contributed by atoms with E-state index in [0.717, 1.165) is 38.3 Å². The molecule has 0 saturated carbocycles. The molecule has 2 nitrogen and oxygen atoms in total. The number of benzene rings is 3. The van der Waals surface area contributed by atoms with E-state index in [1.807, 2.05) is 24.3 Å². The monoisotopic (exact) mass is 324 g/mol. The summed E-state index contributed by atoms with van der Waals surface area (Å²) in [6.07, 6.45) is 0. The first kappa shape index (κ1) is 14.4. The highest BCUT2D eigenvalue weighted by Gasteiger charge is 2.25. The van der Waals surface area contributed by atoms with Crippen LogP contribution in [0.1, 0.15) is 26.3 Å². The Morgan fingerprint density at radius 1 is 1.00 bits per heavy atom. The number of hydrogen-bond acceptors (Lipinski definition) is 2. The fourth-order valence-electron chi connectivity index (χ4n) is 3.22. The van der Waals surface area contributed by atoms with Crippen molar-refractivity contribution in [2.24, 2.45) is 0 Å². The third kappa shape index (κ3) is 2.02. The number of rotatable bonds is 0. The molecule has 0 amide bonds. The van der Waals surface area contributed by atoms with Crippen molar-refractivity contribution >= 4 is 44.3 Å². The van der Waals surface area contributed by atoms with Crippen LogP contribution in [0.4, 0.5) is 0 Å². The van der Waals surface area contributed by atoms with Crippen molar-refractivity contribution < 1.29 is 9.52 Å². The second kappa shape index (κ2) is 4.65. The third-order valence-electron chi connectivity index (χ3n) is 4.36. The molecule has 4 rings (SSSR count). The molecule has 0 unspecified atom stereocenters. The zero-order chi connectivity index (χ0) is 16.4. The van der Waals surface area contributed by atoms with Crippen molar-refractivity contribution in [2.45, 2.75) is 26.2 Å². The van der Waals surface area contributed by atoms with Gasteiger partial charge in [0.1, 0.15) is 16.9 Å². The SMILES string of the molecule is CC(C)(C)c1cc(O)c(Cl)c2c1oc1ccc3ccccc3c12. The third-order valence-corrected chi connectivity index (χ3v) is 4.74. The van der Waals surface area contributed by atoms with Gasteiger partial charge in [0.15, 0.2) is 0 Å². The van der Waals surface area contributed by atoms with Crippen LogP contribution in [0.25, 0.3) is 32.7 Å². The highest BCUT2D eigenvalue weighted by atomic mass is 35.5. The molecule has 0 aliphatic rings. The van der Waals surface area contributed by atoms with Crippen LogP contribution in [0.5, 0.6) is 5.75 Å². The minimum absolute atomic E-state index is 0.0970. The lowest BCUT2D eigenvalue weighted by molar-refractivity contribution is 0.471. The Hall–Kier alpha value is -2.19.